The van der Waals surface area contributed by atoms with Crippen molar-refractivity contribution in [3.63, 3.8) is 0 Å². The molecule has 1 saturated carbocycles. The van der Waals surface area contributed by atoms with Crippen LogP contribution in [-0.2, 0) is 11.2 Å². The molecule has 1 aliphatic rings. The first-order valence-electron chi connectivity index (χ1n) is 7.36. The molecule has 112 valence electrons. The molecule has 1 aromatic rings. The molecule has 2 rings (SSSR count). The van der Waals surface area contributed by atoms with Gasteiger partial charge in [-0.15, -0.1) is 0 Å². The van der Waals surface area contributed by atoms with E-state index < -0.39 is 0 Å². The van der Waals surface area contributed by atoms with Gasteiger partial charge in [-0.2, -0.15) is 0 Å². The van der Waals surface area contributed by atoms with E-state index >= 15 is 0 Å². The molecule has 0 bridgehead atoms. The summed E-state index contributed by atoms with van der Waals surface area (Å²) in [6.07, 6.45) is 5.60. The summed E-state index contributed by atoms with van der Waals surface area (Å²) in [5, 5.41) is 4.86. The van der Waals surface area contributed by atoms with Crippen molar-refractivity contribution in [3.05, 3.63) is 33.8 Å². The molecule has 0 spiro atoms. The van der Waals surface area contributed by atoms with Crippen LogP contribution in [-0.4, -0.2) is 25.3 Å². The van der Waals surface area contributed by atoms with Crippen LogP contribution in [0.15, 0.2) is 18.2 Å². The lowest BCUT2D eigenvalue weighted by Gasteiger charge is -2.37. The summed E-state index contributed by atoms with van der Waals surface area (Å²) in [5.41, 5.74) is 1.08. The molecule has 0 radical (unpaired) electrons. The number of likely N-dealkylation sites (N-methyl/N-ethyl adjacent to an activating group) is 1. The average Bonchev–Trinajstić information content (AvgIpc) is 2.88. The Morgan fingerprint density at radius 1 is 1.30 bits per heavy atom. The summed E-state index contributed by atoms with van der Waals surface area (Å²) in [4.78, 5) is 0. The number of rotatable bonds is 6. The molecule has 2 nitrogen and oxygen atoms in total. The van der Waals surface area contributed by atoms with Crippen LogP contribution in [0.25, 0.3) is 0 Å². The Morgan fingerprint density at radius 3 is 2.55 bits per heavy atom. The Morgan fingerprint density at radius 2 is 2.00 bits per heavy atom. The van der Waals surface area contributed by atoms with Crippen LogP contribution in [0.4, 0.5) is 0 Å². The van der Waals surface area contributed by atoms with E-state index in [1.54, 1.807) is 0 Å². The maximum absolute atomic E-state index is 6.31. The monoisotopic (exact) mass is 315 g/mol. The lowest BCUT2D eigenvalue weighted by Crippen LogP contribution is -2.51. The Labute approximate surface area is 131 Å². The van der Waals surface area contributed by atoms with Crippen LogP contribution >= 0.6 is 23.2 Å². The molecule has 1 aromatic carbocycles. The summed E-state index contributed by atoms with van der Waals surface area (Å²) >= 11 is 12.3. The molecule has 0 amide bonds. The highest BCUT2D eigenvalue weighted by Crippen LogP contribution is 2.38. The molecule has 0 saturated heterocycles. The Balaban J connectivity index is 2.18. The predicted octanol–water partition coefficient (Wildman–Crippen LogP) is 4.47. The zero-order valence-corrected chi connectivity index (χ0v) is 13.7. The Hall–Kier alpha value is -0.280. The van der Waals surface area contributed by atoms with Gasteiger partial charge in [0, 0.05) is 22.7 Å². The fraction of sp³-hybridized carbons (Fsp3) is 0.625. The second-order valence-electron chi connectivity index (χ2n) is 5.49. The van der Waals surface area contributed by atoms with Gasteiger partial charge in [-0.25, -0.2) is 0 Å². The van der Waals surface area contributed by atoms with E-state index in [4.69, 9.17) is 27.9 Å². The molecule has 0 aliphatic heterocycles. The molecular weight excluding hydrogens is 293 g/mol. The van der Waals surface area contributed by atoms with Crippen molar-refractivity contribution in [1.82, 2.24) is 5.32 Å². The fourth-order valence-corrected chi connectivity index (χ4v) is 3.80. The van der Waals surface area contributed by atoms with E-state index in [9.17, 15) is 0 Å². The normalized spacial score (nSPS) is 19.2. The van der Waals surface area contributed by atoms with Gasteiger partial charge in [0.2, 0.25) is 0 Å². The number of halogens is 2. The Kier molecular flexibility index (Phi) is 5.74. The number of hydrogen-bond donors (Lipinski definition) is 1. The van der Waals surface area contributed by atoms with Crippen molar-refractivity contribution in [3.8, 4) is 0 Å². The average molecular weight is 316 g/mol. The topological polar surface area (TPSA) is 21.3 Å². The van der Waals surface area contributed by atoms with E-state index in [0.29, 0.717) is 5.02 Å². The summed E-state index contributed by atoms with van der Waals surface area (Å²) in [6.45, 7) is 2.83. The standard InChI is InChI=1S/C16H23Cl2NO/c1-3-20-16(8-4-5-9-16)15(19-2)10-12-6-7-13(17)11-14(12)18/h6-7,11,15,19H,3-5,8-10H2,1-2H3. The van der Waals surface area contributed by atoms with Gasteiger partial charge in [0.05, 0.1) is 5.60 Å². The SMILES string of the molecule is CCOC1(C(Cc2ccc(Cl)cc2Cl)NC)CCCC1. The zero-order chi connectivity index (χ0) is 14.6. The summed E-state index contributed by atoms with van der Waals surface area (Å²) in [5.74, 6) is 0. The minimum absolute atomic E-state index is 0.0491. The maximum atomic E-state index is 6.31. The van der Waals surface area contributed by atoms with E-state index in [2.05, 4.69) is 12.2 Å². The van der Waals surface area contributed by atoms with Crippen molar-refractivity contribution >= 4 is 23.2 Å². The fourth-order valence-electron chi connectivity index (χ4n) is 3.31. The molecular formula is C16H23Cl2NO. The van der Waals surface area contributed by atoms with Crippen molar-refractivity contribution in [2.24, 2.45) is 0 Å². The van der Waals surface area contributed by atoms with Crippen molar-refractivity contribution in [1.29, 1.82) is 0 Å². The molecule has 20 heavy (non-hydrogen) atoms. The first-order valence-corrected chi connectivity index (χ1v) is 8.12. The lowest BCUT2D eigenvalue weighted by atomic mass is 9.87. The molecule has 1 N–H and O–H groups in total. The first kappa shape index (κ1) is 16.1. The van der Waals surface area contributed by atoms with Crippen LogP contribution in [0.3, 0.4) is 0 Å². The molecule has 1 atom stereocenters. The van der Waals surface area contributed by atoms with Gasteiger partial charge in [0.15, 0.2) is 0 Å². The van der Waals surface area contributed by atoms with Gasteiger partial charge in [0.1, 0.15) is 0 Å². The van der Waals surface area contributed by atoms with Gasteiger partial charge >= 0.3 is 0 Å². The molecule has 1 aliphatic carbocycles. The van der Waals surface area contributed by atoms with Gasteiger partial charge in [-0.3, -0.25) is 0 Å². The van der Waals surface area contributed by atoms with E-state index in [1.165, 1.54) is 12.8 Å². The van der Waals surface area contributed by atoms with Crippen LogP contribution in [0.2, 0.25) is 10.0 Å². The summed E-state index contributed by atoms with van der Waals surface area (Å²) in [6, 6.07) is 6.01. The largest absolute Gasteiger partial charge is 0.374 e. The highest BCUT2D eigenvalue weighted by molar-refractivity contribution is 6.35. The first-order chi connectivity index (χ1) is 9.61. The van der Waals surface area contributed by atoms with Gasteiger partial charge in [-0.1, -0.05) is 42.1 Å². The minimum atomic E-state index is -0.0491. The predicted molar refractivity (Wildman–Crippen MR) is 85.8 cm³/mol. The number of hydrogen-bond acceptors (Lipinski definition) is 2. The highest BCUT2D eigenvalue weighted by Gasteiger charge is 2.41. The number of ether oxygens (including phenoxy) is 1. The molecule has 4 heteroatoms. The van der Waals surface area contributed by atoms with Crippen LogP contribution in [0, 0.1) is 0 Å². The van der Waals surface area contributed by atoms with Crippen LogP contribution in [0.1, 0.15) is 38.2 Å². The van der Waals surface area contributed by atoms with Gasteiger partial charge < -0.3 is 10.1 Å². The lowest BCUT2D eigenvalue weighted by molar-refractivity contribution is -0.0597. The third kappa shape index (κ3) is 3.48. The van der Waals surface area contributed by atoms with Crippen LogP contribution in [0.5, 0.6) is 0 Å². The summed E-state index contributed by atoms with van der Waals surface area (Å²) in [7, 11) is 2.01. The smallest absolute Gasteiger partial charge is 0.0837 e. The van der Waals surface area contributed by atoms with Crippen LogP contribution < -0.4 is 5.32 Å². The molecule has 0 aromatic heterocycles. The quantitative estimate of drug-likeness (QED) is 0.836. The van der Waals surface area contributed by atoms with E-state index in [1.807, 2.05) is 25.2 Å². The third-order valence-electron chi connectivity index (χ3n) is 4.30. The summed E-state index contributed by atoms with van der Waals surface area (Å²) < 4.78 is 6.15. The van der Waals surface area contributed by atoms with Gasteiger partial charge in [-0.05, 0) is 50.9 Å². The van der Waals surface area contributed by atoms with Gasteiger partial charge in [0.25, 0.3) is 0 Å². The molecule has 1 fully saturated rings. The molecule has 1 unspecified atom stereocenters. The van der Waals surface area contributed by atoms with E-state index in [-0.39, 0.29) is 11.6 Å². The molecule has 0 heterocycles. The van der Waals surface area contributed by atoms with Crippen molar-refractivity contribution < 1.29 is 4.74 Å². The third-order valence-corrected chi connectivity index (χ3v) is 4.89. The zero-order valence-electron chi connectivity index (χ0n) is 12.2. The maximum Gasteiger partial charge on any atom is 0.0837 e. The van der Waals surface area contributed by atoms with E-state index in [0.717, 1.165) is 36.5 Å². The minimum Gasteiger partial charge on any atom is -0.374 e. The second-order valence-corrected chi connectivity index (χ2v) is 6.33. The highest BCUT2D eigenvalue weighted by atomic mass is 35.5. The van der Waals surface area contributed by atoms with Crippen molar-refractivity contribution in [2.75, 3.05) is 13.7 Å². The number of benzene rings is 1. The Bertz CT molecular complexity index is 444. The van der Waals surface area contributed by atoms with Crippen molar-refractivity contribution in [2.45, 2.75) is 50.7 Å². The second kappa shape index (κ2) is 7.13. The number of nitrogens with one attached hydrogen (secondary N) is 1.